The van der Waals surface area contributed by atoms with Crippen molar-refractivity contribution in [1.82, 2.24) is 9.80 Å². The normalized spacial score (nSPS) is 9.86. The quantitative estimate of drug-likeness (QED) is 0.293. The third-order valence-corrected chi connectivity index (χ3v) is 2.24. The molecule has 3 nitrogen and oxygen atoms in total. The molecule has 0 radical (unpaired) electrons. The summed E-state index contributed by atoms with van der Waals surface area (Å²) in [7, 11) is 10.5. The van der Waals surface area contributed by atoms with Crippen molar-refractivity contribution < 1.29 is 4.58 Å². The van der Waals surface area contributed by atoms with Crippen LogP contribution in [-0.2, 0) is 0 Å². The fraction of sp³-hybridized carbons (Fsp3) is 0.909. The van der Waals surface area contributed by atoms with Gasteiger partial charge in [0.05, 0.1) is 41.8 Å². The average molecular weight is 200 g/mol. The van der Waals surface area contributed by atoms with Crippen LogP contribution in [0.3, 0.4) is 0 Å². The van der Waals surface area contributed by atoms with Gasteiger partial charge < -0.3 is 0 Å². The van der Waals surface area contributed by atoms with Crippen molar-refractivity contribution in [3.05, 3.63) is 0 Å². The molecule has 0 heterocycles. The summed E-state index contributed by atoms with van der Waals surface area (Å²) in [5.41, 5.74) is 0. The van der Waals surface area contributed by atoms with Crippen molar-refractivity contribution in [1.29, 1.82) is 0 Å². The molecule has 3 heteroatoms. The number of hydrogen-bond donors (Lipinski definition) is 0. The van der Waals surface area contributed by atoms with Gasteiger partial charge in [-0.1, -0.05) is 19.8 Å². The van der Waals surface area contributed by atoms with E-state index >= 15 is 0 Å². The van der Waals surface area contributed by atoms with Crippen molar-refractivity contribution in [3.63, 3.8) is 0 Å². The minimum absolute atomic E-state index is 1.14. The topological polar surface area (TPSA) is 9.49 Å². The second-order valence-corrected chi connectivity index (χ2v) is 4.22. The van der Waals surface area contributed by atoms with Gasteiger partial charge in [0, 0.05) is 0 Å². The molecule has 0 aliphatic rings. The van der Waals surface area contributed by atoms with E-state index in [0.717, 1.165) is 6.54 Å². The zero-order chi connectivity index (χ0) is 11.1. The molecule has 0 aromatic rings. The summed E-state index contributed by atoms with van der Waals surface area (Å²) in [5.74, 6) is 1.26. The number of guanidine groups is 1. The van der Waals surface area contributed by atoms with Crippen LogP contribution >= 0.6 is 0 Å². The Morgan fingerprint density at radius 2 is 1.64 bits per heavy atom. The Hall–Kier alpha value is -0.730. The van der Waals surface area contributed by atoms with Crippen LogP contribution in [0.5, 0.6) is 0 Å². The summed E-state index contributed by atoms with van der Waals surface area (Å²) in [6.45, 7) is 3.38. The summed E-state index contributed by atoms with van der Waals surface area (Å²) < 4.78 is 2.16. The first kappa shape index (κ1) is 13.3. The maximum absolute atomic E-state index is 2.32. The molecule has 0 unspecified atom stereocenters. The fourth-order valence-corrected chi connectivity index (χ4v) is 1.78. The van der Waals surface area contributed by atoms with Gasteiger partial charge in [-0.15, -0.1) is 0 Å². The molecule has 0 saturated carbocycles. The molecule has 0 atom stereocenters. The standard InChI is InChI=1S/C11H26N3/c1-7-8-9-10-14(6)11(12(2)3)13(4)5/h7-10H2,1-6H3/q+1. The molecule has 0 bridgehead atoms. The SMILES string of the molecule is CCCCCN(C)C(N(C)C)=[N+](C)C. The van der Waals surface area contributed by atoms with Gasteiger partial charge in [-0.2, -0.15) is 0 Å². The van der Waals surface area contributed by atoms with Gasteiger partial charge in [0.2, 0.25) is 0 Å². The summed E-state index contributed by atoms with van der Waals surface area (Å²) in [6.07, 6.45) is 3.88. The highest BCUT2D eigenvalue weighted by Crippen LogP contribution is 1.98. The number of nitrogens with zero attached hydrogens (tertiary/aromatic N) is 3. The fourth-order valence-electron chi connectivity index (χ4n) is 1.78. The predicted molar refractivity (Wildman–Crippen MR) is 63.0 cm³/mol. The van der Waals surface area contributed by atoms with Crippen molar-refractivity contribution in [2.24, 2.45) is 0 Å². The van der Waals surface area contributed by atoms with E-state index in [1.165, 1.54) is 25.2 Å². The maximum Gasteiger partial charge on any atom is 0.349 e. The van der Waals surface area contributed by atoms with Crippen LogP contribution in [-0.4, -0.2) is 62.1 Å². The first-order valence-corrected chi connectivity index (χ1v) is 5.43. The Labute approximate surface area is 89.0 Å². The minimum atomic E-state index is 1.14. The molecular formula is C11H26N3+. The largest absolute Gasteiger partial charge is 0.349 e. The average Bonchev–Trinajstić information content (AvgIpc) is 2.03. The van der Waals surface area contributed by atoms with Crippen LogP contribution in [0, 0.1) is 0 Å². The smallest absolute Gasteiger partial charge is 0.270 e. The lowest BCUT2D eigenvalue weighted by atomic mass is 10.2. The van der Waals surface area contributed by atoms with Crippen LogP contribution in [0.1, 0.15) is 26.2 Å². The van der Waals surface area contributed by atoms with Crippen molar-refractivity contribution >= 4 is 5.96 Å². The van der Waals surface area contributed by atoms with Crippen LogP contribution in [0.2, 0.25) is 0 Å². The van der Waals surface area contributed by atoms with E-state index < -0.39 is 0 Å². The van der Waals surface area contributed by atoms with E-state index in [4.69, 9.17) is 0 Å². The Kier molecular flexibility index (Phi) is 6.34. The molecule has 0 N–H and O–H groups in total. The lowest BCUT2D eigenvalue weighted by Gasteiger charge is -2.21. The van der Waals surface area contributed by atoms with Gasteiger partial charge in [-0.25, -0.2) is 0 Å². The predicted octanol–water partition coefficient (Wildman–Crippen LogP) is 1.30. The lowest BCUT2D eigenvalue weighted by molar-refractivity contribution is -0.475. The first-order valence-electron chi connectivity index (χ1n) is 5.43. The number of hydrogen-bond acceptors (Lipinski definition) is 0. The molecule has 0 aliphatic heterocycles. The highest BCUT2D eigenvalue weighted by molar-refractivity contribution is 5.74. The number of unbranched alkanes of at least 4 members (excludes halogenated alkanes) is 2. The van der Waals surface area contributed by atoms with Crippen molar-refractivity contribution in [3.8, 4) is 0 Å². The van der Waals surface area contributed by atoms with Gasteiger partial charge in [-0.3, -0.25) is 14.4 Å². The second-order valence-electron chi connectivity index (χ2n) is 4.22. The van der Waals surface area contributed by atoms with E-state index in [-0.39, 0.29) is 0 Å². The van der Waals surface area contributed by atoms with Gasteiger partial charge >= 0.3 is 5.96 Å². The molecule has 0 saturated heterocycles. The van der Waals surface area contributed by atoms with E-state index in [1.807, 2.05) is 0 Å². The van der Waals surface area contributed by atoms with Crippen molar-refractivity contribution in [2.45, 2.75) is 26.2 Å². The van der Waals surface area contributed by atoms with Gasteiger partial charge in [0.1, 0.15) is 0 Å². The Balaban J connectivity index is 4.18. The summed E-state index contributed by atoms with van der Waals surface area (Å²) in [5, 5.41) is 0. The Morgan fingerprint density at radius 3 is 2.00 bits per heavy atom. The third-order valence-electron chi connectivity index (χ3n) is 2.24. The summed E-state index contributed by atoms with van der Waals surface area (Å²) in [6, 6.07) is 0. The van der Waals surface area contributed by atoms with Crippen LogP contribution in [0.4, 0.5) is 0 Å². The van der Waals surface area contributed by atoms with E-state index in [2.05, 4.69) is 56.5 Å². The zero-order valence-corrected chi connectivity index (χ0v) is 10.7. The Bertz CT molecular complexity index is 181. The van der Waals surface area contributed by atoms with E-state index in [1.54, 1.807) is 0 Å². The van der Waals surface area contributed by atoms with Gasteiger partial charge in [0.15, 0.2) is 0 Å². The summed E-state index contributed by atoms with van der Waals surface area (Å²) in [4.78, 5) is 4.47. The molecule has 84 valence electrons. The highest BCUT2D eigenvalue weighted by atomic mass is 15.4. The Morgan fingerprint density at radius 1 is 1.07 bits per heavy atom. The first-order chi connectivity index (χ1) is 6.50. The van der Waals surface area contributed by atoms with Crippen LogP contribution < -0.4 is 0 Å². The molecule has 0 rings (SSSR count). The maximum atomic E-state index is 2.32. The lowest BCUT2D eigenvalue weighted by Crippen LogP contribution is -2.43. The molecule has 0 aromatic heterocycles. The van der Waals surface area contributed by atoms with Gasteiger partial charge in [0.25, 0.3) is 0 Å². The molecule has 0 aliphatic carbocycles. The zero-order valence-electron chi connectivity index (χ0n) is 10.7. The second kappa shape index (κ2) is 6.68. The molecule has 0 fully saturated rings. The molecule has 0 amide bonds. The monoisotopic (exact) mass is 200 g/mol. The minimum Gasteiger partial charge on any atom is -0.270 e. The molecular weight excluding hydrogens is 174 g/mol. The number of rotatable bonds is 4. The summed E-state index contributed by atoms with van der Waals surface area (Å²) >= 11 is 0. The molecule has 0 spiro atoms. The van der Waals surface area contributed by atoms with Gasteiger partial charge in [-0.05, 0) is 6.42 Å². The highest BCUT2D eigenvalue weighted by Gasteiger charge is 2.16. The van der Waals surface area contributed by atoms with E-state index in [9.17, 15) is 0 Å². The van der Waals surface area contributed by atoms with Crippen molar-refractivity contribution in [2.75, 3.05) is 41.8 Å². The molecule has 14 heavy (non-hydrogen) atoms. The third kappa shape index (κ3) is 4.49. The molecule has 0 aromatic carbocycles. The van der Waals surface area contributed by atoms with E-state index in [0.29, 0.717) is 0 Å². The van der Waals surface area contributed by atoms with Crippen LogP contribution in [0.25, 0.3) is 0 Å². The van der Waals surface area contributed by atoms with Crippen LogP contribution in [0.15, 0.2) is 0 Å².